The molecule has 10 heteroatoms. The molecule has 0 radical (unpaired) electrons. The molecule has 3 N–H and O–H groups in total. The third kappa shape index (κ3) is 3.48. The van der Waals surface area contributed by atoms with E-state index in [0.29, 0.717) is 22.2 Å². The zero-order valence-corrected chi connectivity index (χ0v) is 17.8. The second-order valence-electron chi connectivity index (χ2n) is 7.62. The molecular weight excluding hydrogens is 447 g/mol. The number of hydrogen-bond acceptors (Lipinski definition) is 7. The predicted octanol–water partition coefficient (Wildman–Crippen LogP) is 4.68. The van der Waals surface area contributed by atoms with Crippen LogP contribution in [0.3, 0.4) is 0 Å². The Balaban J connectivity index is 1.72. The van der Waals surface area contributed by atoms with Crippen LogP contribution in [0.4, 0.5) is 24.7 Å². The number of fused-ring (bicyclic) bond motifs is 2. The Bertz CT molecular complexity index is 1410. The molecule has 0 fully saturated rings. The summed E-state index contributed by atoms with van der Waals surface area (Å²) in [7, 11) is 1.25. The van der Waals surface area contributed by atoms with Crippen LogP contribution < -0.4 is 16.2 Å². The molecule has 1 aliphatic rings. The van der Waals surface area contributed by atoms with Crippen LogP contribution >= 0.6 is 0 Å². The Hall–Kier alpha value is -4.18. The number of aromatic nitrogens is 2. The summed E-state index contributed by atoms with van der Waals surface area (Å²) in [5.74, 6) is -0.632. The van der Waals surface area contributed by atoms with Gasteiger partial charge in [-0.25, -0.2) is 14.8 Å². The van der Waals surface area contributed by atoms with Crippen molar-refractivity contribution in [2.24, 2.45) is 0 Å². The minimum Gasteiger partial charge on any atom is -0.466 e. The van der Waals surface area contributed by atoms with E-state index < -0.39 is 23.4 Å². The van der Waals surface area contributed by atoms with Crippen LogP contribution in [0.1, 0.15) is 11.1 Å². The Kier molecular flexibility index (Phi) is 5.09. The van der Waals surface area contributed by atoms with Crippen molar-refractivity contribution < 1.29 is 22.7 Å². The summed E-state index contributed by atoms with van der Waals surface area (Å²) in [5.41, 5.74) is 4.85. The molecule has 0 saturated heterocycles. The number of hydrogen-bond donors (Lipinski definition) is 3. The molecule has 1 unspecified atom stereocenters. The maximum Gasteiger partial charge on any atom is 0.417 e. The number of hydrazine groups is 1. The lowest BCUT2D eigenvalue weighted by atomic mass is 9.99. The normalized spacial score (nSPS) is 17.2. The predicted molar refractivity (Wildman–Crippen MR) is 120 cm³/mol. The van der Waals surface area contributed by atoms with Gasteiger partial charge in [0.15, 0.2) is 5.82 Å². The summed E-state index contributed by atoms with van der Waals surface area (Å²) >= 11 is 0. The van der Waals surface area contributed by atoms with Gasteiger partial charge in [0, 0.05) is 16.5 Å². The first kappa shape index (κ1) is 21.7. The summed E-state index contributed by atoms with van der Waals surface area (Å²) in [6, 6.07) is 19.0. The van der Waals surface area contributed by atoms with Crippen molar-refractivity contribution in [3.8, 4) is 11.4 Å². The summed E-state index contributed by atoms with van der Waals surface area (Å²) in [6.45, 7) is 0. The van der Waals surface area contributed by atoms with E-state index in [9.17, 15) is 18.0 Å². The van der Waals surface area contributed by atoms with Crippen LogP contribution in [0.15, 0.2) is 72.8 Å². The number of halogens is 3. The molecule has 0 aliphatic carbocycles. The number of para-hydroxylation sites is 2. The molecule has 1 aliphatic heterocycles. The van der Waals surface area contributed by atoms with Crippen LogP contribution in [-0.2, 0) is 21.4 Å². The van der Waals surface area contributed by atoms with Crippen LogP contribution in [-0.4, -0.2) is 23.0 Å². The van der Waals surface area contributed by atoms with Crippen molar-refractivity contribution in [1.29, 1.82) is 0 Å². The molecule has 0 bridgehead atoms. The van der Waals surface area contributed by atoms with Gasteiger partial charge in [-0.2, -0.15) is 18.6 Å². The summed E-state index contributed by atoms with van der Waals surface area (Å²) < 4.78 is 46.2. The van der Waals surface area contributed by atoms with Gasteiger partial charge in [-0.15, -0.1) is 0 Å². The highest BCUT2D eigenvalue weighted by Gasteiger charge is 2.48. The van der Waals surface area contributed by atoms with Gasteiger partial charge >= 0.3 is 12.1 Å². The van der Waals surface area contributed by atoms with E-state index in [4.69, 9.17) is 4.74 Å². The monoisotopic (exact) mass is 465 g/mol. The van der Waals surface area contributed by atoms with Gasteiger partial charge in [-0.3, -0.25) is 0 Å². The third-order valence-electron chi connectivity index (χ3n) is 5.59. The number of ether oxygens (including phenoxy) is 1. The van der Waals surface area contributed by atoms with E-state index in [1.807, 2.05) is 0 Å². The number of alkyl halides is 3. The number of rotatable bonds is 4. The van der Waals surface area contributed by atoms with E-state index in [-0.39, 0.29) is 17.2 Å². The smallest absolute Gasteiger partial charge is 0.417 e. The summed E-state index contributed by atoms with van der Waals surface area (Å²) in [6.07, 6.45) is -4.59. The molecule has 0 spiro atoms. The molecular formula is C24H18F3N5O2. The Morgan fingerprint density at radius 3 is 2.47 bits per heavy atom. The molecule has 4 aromatic rings. The molecule has 1 aromatic heterocycles. The highest BCUT2D eigenvalue weighted by Crippen LogP contribution is 2.39. The first-order valence-corrected chi connectivity index (χ1v) is 10.3. The number of benzene rings is 3. The lowest BCUT2D eigenvalue weighted by molar-refractivity contribution is -0.147. The van der Waals surface area contributed by atoms with Crippen molar-refractivity contribution in [2.75, 3.05) is 17.9 Å². The van der Waals surface area contributed by atoms with Gasteiger partial charge in [0.05, 0.1) is 23.9 Å². The van der Waals surface area contributed by atoms with Crippen molar-refractivity contribution >= 4 is 28.4 Å². The van der Waals surface area contributed by atoms with Gasteiger partial charge in [-0.05, 0) is 24.3 Å². The fraction of sp³-hybridized carbons (Fsp3) is 0.125. The second-order valence-corrected chi connectivity index (χ2v) is 7.62. The highest BCUT2D eigenvalue weighted by atomic mass is 19.4. The first-order valence-electron chi connectivity index (χ1n) is 10.3. The Morgan fingerprint density at radius 1 is 0.971 bits per heavy atom. The molecule has 1 atom stereocenters. The minimum atomic E-state index is -4.59. The fourth-order valence-electron chi connectivity index (χ4n) is 4.01. The van der Waals surface area contributed by atoms with Gasteiger partial charge in [0.2, 0.25) is 5.66 Å². The van der Waals surface area contributed by atoms with Crippen LogP contribution in [0.5, 0.6) is 0 Å². The van der Waals surface area contributed by atoms with Crippen molar-refractivity contribution in [2.45, 2.75) is 11.8 Å². The zero-order valence-electron chi connectivity index (χ0n) is 17.8. The zero-order chi connectivity index (χ0) is 23.9. The molecule has 3 aromatic carbocycles. The molecule has 172 valence electrons. The lowest BCUT2D eigenvalue weighted by Gasteiger charge is -2.29. The Morgan fingerprint density at radius 2 is 1.68 bits per heavy atom. The largest absolute Gasteiger partial charge is 0.466 e. The standard InChI is InChI=1S/C24H18F3N5O2/c1-34-22(33)23(17-11-5-7-13-19(17)31-32-23)30-21-15-9-3-6-12-18(15)28-20(29-21)14-8-2-4-10-16(14)24(25,26)27/h2-13,31-32H,1H3,(H,28,29,30). The van der Waals surface area contributed by atoms with Gasteiger partial charge < -0.3 is 15.5 Å². The molecule has 0 saturated carbocycles. The van der Waals surface area contributed by atoms with Crippen LogP contribution in [0.2, 0.25) is 0 Å². The molecule has 7 nitrogen and oxygen atoms in total. The second kappa shape index (κ2) is 7.99. The van der Waals surface area contributed by atoms with Gasteiger partial charge in [-0.1, -0.05) is 48.5 Å². The van der Waals surface area contributed by atoms with Gasteiger partial charge in [0.25, 0.3) is 0 Å². The van der Waals surface area contributed by atoms with Crippen LogP contribution in [0, 0.1) is 0 Å². The number of nitrogens with one attached hydrogen (secondary N) is 3. The number of esters is 1. The van der Waals surface area contributed by atoms with E-state index in [1.54, 1.807) is 48.5 Å². The SMILES string of the molecule is COC(=O)C1(Nc2nc(-c3ccccc3C(F)(F)F)nc3ccccc23)NNc2ccccc21. The van der Waals surface area contributed by atoms with E-state index in [2.05, 4.69) is 26.1 Å². The van der Waals surface area contributed by atoms with Crippen molar-refractivity contribution in [1.82, 2.24) is 15.4 Å². The summed E-state index contributed by atoms with van der Waals surface area (Å²) in [5, 5.41) is 3.61. The summed E-state index contributed by atoms with van der Waals surface area (Å²) in [4.78, 5) is 21.8. The number of carbonyl (C=O) groups is 1. The first-order chi connectivity index (χ1) is 16.3. The number of methoxy groups -OCH3 is 1. The average molecular weight is 465 g/mol. The topological polar surface area (TPSA) is 88.2 Å². The van der Waals surface area contributed by atoms with E-state index >= 15 is 0 Å². The lowest BCUT2D eigenvalue weighted by Crippen LogP contribution is -2.54. The fourth-order valence-corrected chi connectivity index (χ4v) is 4.01. The molecule has 5 rings (SSSR count). The Labute approximate surface area is 192 Å². The molecule has 34 heavy (non-hydrogen) atoms. The molecule has 0 amide bonds. The van der Waals surface area contributed by atoms with Gasteiger partial charge in [0.1, 0.15) is 5.82 Å². The number of anilines is 2. The average Bonchev–Trinajstić information content (AvgIpc) is 3.22. The third-order valence-corrected chi connectivity index (χ3v) is 5.59. The molecule has 2 heterocycles. The maximum atomic E-state index is 13.7. The van der Waals surface area contributed by atoms with E-state index in [1.165, 1.54) is 25.3 Å². The number of nitrogens with zero attached hydrogens (tertiary/aromatic N) is 2. The quantitative estimate of drug-likeness (QED) is 0.377. The maximum absolute atomic E-state index is 13.7. The van der Waals surface area contributed by atoms with Crippen LogP contribution in [0.25, 0.3) is 22.3 Å². The minimum absolute atomic E-state index is 0.131. The van der Waals surface area contributed by atoms with E-state index in [0.717, 1.165) is 6.07 Å². The van der Waals surface area contributed by atoms with Crippen molar-refractivity contribution in [3.05, 3.63) is 83.9 Å². The highest BCUT2D eigenvalue weighted by molar-refractivity contribution is 5.95. The number of carbonyl (C=O) groups excluding carboxylic acids is 1. The van der Waals surface area contributed by atoms with Crippen molar-refractivity contribution in [3.63, 3.8) is 0 Å².